The summed E-state index contributed by atoms with van der Waals surface area (Å²) in [5.41, 5.74) is 1.91. The van der Waals surface area contributed by atoms with Crippen molar-refractivity contribution in [3.05, 3.63) is 51.5 Å². The van der Waals surface area contributed by atoms with Gasteiger partial charge < -0.3 is 10.1 Å². The molecule has 0 aromatic heterocycles. The molecule has 1 N–H and O–H groups in total. The van der Waals surface area contributed by atoms with Crippen molar-refractivity contribution in [3.63, 3.8) is 0 Å². The van der Waals surface area contributed by atoms with Crippen molar-refractivity contribution in [2.24, 2.45) is 0 Å². The summed E-state index contributed by atoms with van der Waals surface area (Å²) in [4.78, 5) is 0. The maximum Gasteiger partial charge on any atom is 0.121 e. The minimum atomic E-state index is 0.529. The smallest absolute Gasteiger partial charge is 0.121 e. The fraction of sp³-hybridized carbons (Fsp3) is 0.0714. The predicted octanol–water partition coefficient (Wildman–Crippen LogP) is 4.73. The number of ether oxygens (including phenoxy) is 1. The van der Waals surface area contributed by atoms with Gasteiger partial charge in [0.15, 0.2) is 0 Å². The molecular formula is C14H10BrClN2O. The van der Waals surface area contributed by atoms with E-state index in [0.717, 1.165) is 4.47 Å². The minimum Gasteiger partial charge on any atom is -0.497 e. The third-order valence-electron chi connectivity index (χ3n) is 2.57. The summed E-state index contributed by atoms with van der Waals surface area (Å²) in [5.74, 6) is 0.695. The lowest BCUT2D eigenvalue weighted by atomic mass is 10.2. The maximum absolute atomic E-state index is 9.17. The zero-order valence-corrected chi connectivity index (χ0v) is 12.4. The fourth-order valence-corrected chi connectivity index (χ4v) is 2.23. The van der Waals surface area contributed by atoms with Gasteiger partial charge >= 0.3 is 0 Å². The summed E-state index contributed by atoms with van der Waals surface area (Å²) >= 11 is 9.47. The van der Waals surface area contributed by atoms with Gasteiger partial charge in [0.25, 0.3) is 0 Å². The maximum atomic E-state index is 9.17. The summed E-state index contributed by atoms with van der Waals surface area (Å²) in [6.07, 6.45) is 0. The van der Waals surface area contributed by atoms with Gasteiger partial charge in [-0.05, 0) is 40.2 Å². The molecule has 0 saturated carbocycles. The van der Waals surface area contributed by atoms with Gasteiger partial charge in [0, 0.05) is 10.5 Å². The van der Waals surface area contributed by atoms with E-state index in [4.69, 9.17) is 21.6 Å². The first-order valence-corrected chi connectivity index (χ1v) is 6.62. The Labute approximate surface area is 124 Å². The number of hydrogen-bond acceptors (Lipinski definition) is 3. The van der Waals surface area contributed by atoms with Gasteiger partial charge in [-0.25, -0.2) is 0 Å². The molecule has 0 aliphatic carbocycles. The van der Waals surface area contributed by atoms with Crippen LogP contribution in [0.4, 0.5) is 11.4 Å². The molecule has 0 aliphatic rings. The summed E-state index contributed by atoms with van der Waals surface area (Å²) in [5, 5.41) is 12.9. The largest absolute Gasteiger partial charge is 0.497 e. The fourth-order valence-electron chi connectivity index (χ4n) is 1.61. The summed E-state index contributed by atoms with van der Waals surface area (Å²) in [7, 11) is 1.59. The van der Waals surface area contributed by atoms with Crippen molar-refractivity contribution >= 4 is 38.9 Å². The number of hydrogen-bond donors (Lipinski definition) is 1. The van der Waals surface area contributed by atoms with Crippen LogP contribution in [-0.4, -0.2) is 7.11 Å². The molecule has 96 valence electrons. The molecule has 3 nitrogen and oxygen atoms in total. The molecule has 19 heavy (non-hydrogen) atoms. The van der Waals surface area contributed by atoms with Gasteiger partial charge in [0.05, 0.1) is 29.1 Å². The third-order valence-corrected chi connectivity index (χ3v) is 3.56. The van der Waals surface area contributed by atoms with Crippen LogP contribution in [0.15, 0.2) is 40.9 Å². The molecule has 0 heterocycles. The number of methoxy groups -OCH3 is 1. The highest BCUT2D eigenvalue weighted by molar-refractivity contribution is 9.10. The van der Waals surface area contributed by atoms with E-state index >= 15 is 0 Å². The normalized spacial score (nSPS) is 9.79. The van der Waals surface area contributed by atoms with Crippen LogP contribution < -0.4 is 10.1 Å². The number of halogens is 2. The monoisotopic (exact) mass is 336 g/mol. The molecule has 0 amide bonds. The van der Waals surface area contributed by atoms with Crippen LogP contribution in [0.25, 0.3) is 0 Å². The van der Waals surface area contributed by atoms with Crippen molar-refractivity contribution < 1.29 is 4.74 Å². The third kappa shape index (κ3) is 3.01. The molecule has 0 radical (unpaired) electrons. The molecular weight excluding hydrogens is 328 g/mol. The molecule has 0 aliphatic heterocycles. The number of nitrogens with zero attached hydrogens (tertiary/aromatic N) is 1. The number of nitrogens with one attached hydrogen (secondary N) is 1. The minimum absolute atomic E-state index is 0.529. The van der Waals surface area contributed by atoms with Crippen molar-refractivity contribution in [2.75, 3.05) is 12.4 Å². The van der Waals surface area contributed by atoms with Crippen molar-refractivity contribution in [1.29, 1.82) is 5.26 Å². The molecule has 2 rings (SSSR count). The van der Waals surface area contributed by atoms with Crippen molar-refractivity contribution in [3.8, 4) is 11.8 Å². The quantitative estimate of drug-likeness (QED) is 0.881. The molecule has 5 heteroatoms. The standard InChI is InChI=1S/C14H10BrClN2O/c1-19-9-5-6-12(16)14(7-9)18-13-4-2-3-11(15)10(13)8-17/h2-7,18H,1H3. The number of benzene rings is 2. The van der Waals surface area contributed by atoms with Crippen LogP contribution in [0.3, 0.4) is 0 Å². The molecule has 2 aromatic carbocycles. The first kappa shape index (κ1) is 13.7. The topological polar surface area (TPSA) is 45.0 Å². The van der Waals surface area contributed by atoms with Crippen LogP contribution in [0.1, 0.15) is 5.56 Å². The second kappa shape index (κ2) is 5.96. The highest BCUT2D eigenvalue weighted by Gasteiger charge is 2.08. The molecule has 0 saturated heterocycles. The van der Waals surface area contributed by atoms with Crippen LogP contribution in [-0.2, 0) is 0 Å². The second-order valence-electron chi connectivity index (χ2n) is 3.74. The molecule has 0 atom stereocenters. The Balaban J connectivity index is 2.42. The number of anilines is 2. The van der Waals surface area contributed by atoms with Gasteiger partial charge in [-0.3, -0.25) is 0 Å². The van der Waals surface area contributed by atoms with Gasteiger partial charge in [0.2, 0.25) is 0 Å². The van der Waals surface area contributed by atoms with Gasteiger partial charge in [0.1, 0.15) is 11.8 Å². The number of nitriles is 1. The zero-order chi connectivity index (χ0) is 13.8. The van der Waals surface area contributed by atoms with E-state index in [2.05, 4.69) is 27.3 Å². The van der Waals surface area contributed by atoms with Gasteiger partial charge in [-0.15, -0.1) is 0 Å². The lowest BCUT2D eigenvalue weighted by Gasteiger charge is -2.12. The Kier molecular flexibility index (Phi) is 4.31. The van der Waals surface area contributed by atoms with Gasteiger partial charge in [-0.1, -0.05) is 17.7 Å². The van der Waals surface area contributed by atoms with Gasteiger partial charge in [-0.2, -0.15) is 5.26 Å². The molecule has 0 fully saturated rings. The molecule has 0 spiro atoms. The number of rotatable bonds is 3. The lowest BCUT2D eigenvalue weighted by molar-refractivity contribution is 0.415. The summed E-state index contributed by atoms with van der Waals surface area (Å²) in [6, 6.07) is 12.9. The Morgan fingerprint density at radius 3 is 2.74 bits per heavy atom. The highest BCUT2D eigenvalue weighted by Crippen LogP contribution is 2.32. The first-order chi connectivity index (χ1) is 9.15. The Morgan fingerprint density at radius 2 is 2.05 bits per heavy atom. The van der Waals surface area contributed by atoms with Crippen LogP contribution in [0.2, 0.25) is 5.02 Å². The van der Waals surface area contributed by atoms with E-state index in [1.807, 2.05) is 18.2 Å². The molecule has 0 unspecified atom stereocenters. The van der Waals surface area contributed by atoms with E-state index in [1.54, 1.807) is 25.3 Å². The molecule has 2 aromatic rings. The average Bonchev–Trinajstić information content (AvgIpc) is 2.41. The van der Waals surface area contributed by atoms with E-state index in [-0.39, 0.29) is 0 Å². The molecule has 0 bridgehead atoms. The van der Waals surface area contributed by atoms with Crippen molar-refractivity contribution in [2.45, 2.75) is 0 Å². The summed E-state index contributed by atoms with van der Waals surface area (Å²) < 4.78 is 5.89. The van der Waals surface area contributed by atoms with Crippen molar-refractivity contribution in [1.82, 2.24) is 0 Å². The Hall–Kier alpha value is -1.70. The predicted molar refractivity (Wildman–Crippen MR) is 80.1 cm³/mol. The van der Waals surface area contributed by atoms with E-state index in [0.29, 0.717) is 27.7 Å². The second-order valence-corrected chi connectivity index (χ2v) is 5.01. The van der Waals surface area contributed by atoms with Crippen LogP contribution >= 0.6 is 27.5 Å². The van der Waals surface area contributed by atoms with E-state index < -0.39 is 0 Å². The van der Waals surface area contributed by atoms with E-state index in [9.17, 15) is 0 Å². The van der Waals surface area contributed by atoms with Crippen LogP contribution in [0.5, 0.6) is 5.75 Å². The lowest BCUT2D eigenvalue weighted by Crippen LogP contribution is -1.96. The Morgan fingerprint density at radius 1 is 1.26 bits per heavy atom. The van der Waals surface area contributed by atoms with Crippen LogP contribution in [0, 0.1) is 11.3 Å². The van der Waals surface area contributed by atoms with E-state index in [1.165, 1.54) is 0 Å². The first-order valence-electron chi connectivity index (χ1n) is 5.45. The average molecular weight is 338 g/mol. The summed E-state index contributed by atoms with van der Waals surface area (Å²) in [6.45, 7) is 0. The SMILES string of the molecule is COc1ccc(Cl)c(Nc2cccc(Br)c2C#N)c1. The highest BCUT2D eigenvalue weighted by atomic mass is 79.9. The Bertz CT molecular complexity index is 652. The zero-order valence-electron chi connectivity index (χ0n) is 10.1.